The van der Waals surface area contributed by atoms with E-state index in [1.807, 2.05) is 0 Å². The molecule has 2 bridgehead atoms. The van der Waals surface area contributed by atoms with Crippen LogP contribution < -0.4 is 0 Å². The van der Waals surface area contributed by atoms with E-state index in [1.165, 1.54) is 10.5 Å². The summed E-state index contributed by atoms with van der Waals surface area (Å²) in [7, 11) is 0. The molecular weight excluding hydrogens is 321 g/mol. The van der Waals surface area contributed by atoms with E-state index in [9.17, 15) is 9.59 Å². The first-order chi connectivity index (χ1) is 10.5. The minimum absolute atomic E-state index is 0.0639. The van der Waals surface area contributed by atoms with Gasteiger partial charge in [0.15, 0.2) is 0 Å². The lowest BCUT2D eigenvalue weighted by Gasteiger charge is -2.19. The third kappa shape index (κ3) is 1.82. The molecule has 1 aromatic carbocycles. The van der Waals surface area contributed by atoms with Gasteiger partial charge in [-0.25, -0.2) is 0 Å². The first-order valence-corrected chi connectivity index (χ1v) is 8.21. The van der Waals surface area contributed by atoms with Gasteiger partial charge in [0.25, 0.3) is 0 Å². The lowest BCUT2D eigenvalue weighted by molar-refractivity contribution is -0.141. The number of likely N-dealkylation sites (tertiary alicyclic amines) is 1. The Kier molecular flexibility index (Phi) is 3.14. The summed E-state index contributed by atoms with van der Waals surface area (Å²) in [6, 6.07) is 5.21. The molecular formula is C17H15Cl2NO2. The summed E-state index contributed by atoms with van der Waals surface area (Å²) in [5.74, 6) is -0.0317. The van der Waals surface area contributed by atoms with Gasteiger partial charge in [-0.3, -0.25) is 14.5 Å². The molecule has 0 aromatic heterocycles. The highest BCUT2D eigenvalue weighted by Crippen LogP contribution is 2.55. The van der Waals surface area contributed by atoms with Gasteiger partial charge >= 0.3 is 0 Å². The first-order valence-electron chi connectivity index (χ1n) is 7.45. The second-order valence-electron chi connectivity index (χ2n) is 6.43. The predicted molar refractivity (Wildman–Crippen MR) is 84.4 cm³/mol. The maximum atomic E-state index is 12.8. The van der Waals surface area contributed by atoms with E-state index in [1.54, 1.807) is 18.2 Å². The zero-order valence-corrected chi connectivity index (χ0v) is 13.6. The number of allylic oxidation sites excluding steroid dienone is 2. The lowest BCUT2D eigenvalue weighted by Crippen LogP contribution is -2.32. The maximum absolute atomic E-state index is 12.8. The number of rotatable bonds is 2. The molecule has 1 heterocycles. The zero-order chi connectivity index (χ0) is 15.6. The molecule has 0 unspecified atom stereocenters. The molecule has 0 spiro atoms. The second kappa shape index (κ2) is 4.84. The Morgan fingerprint density at radius 3 is 2.45 bits per heavy atom. The SMILES string of the molecule is CC1=C[C@@H]2C[C@H]1[C@H]1C(=O)N(Cc3c(Cl)cccc3Cl)C(=O)[C@@H]12. The summed E-state index contributed by atoms with van der Waals surface area (Å²) in [6.45, 7) is 2.23. The highest BCUT2D eigenvalue weighted by molar-refractivity contribution is 6.36. The number of carbonyl (C=O) groups is 2. The van der Waals surface area contributed by atoms with Crippen molar-refractivity contribution >= 4 is 35.0 Å². The smallest absolute Gasteiger partial charge is 0.234 e. The van der Waals surface area contributed by atoms with Gasteiger partial charge in [0.1, 0.15) is 0 Å². The molecule has 2 amide bonds. The third-order valence-electron chi connectivity index (χ3n) is 5.35. The number of imide groups is 1. The molecule has 4 rings (SSSR count). The van der Waals surface area contributed by atoms with Gasteiger partial charge < -0.3 is 0 Å². The quantitative estimate of drug-likeness (QED) is 0.610. The van der Waals surface area contributed by atoms with Gasteiger partial charge in [-0.15, -0.1) is 0 Å². The van der Waals surface area contributed by atoms with Crippen LogP contribution in [0.5, 0.6) is 0 Å². The topological polar surface area (TPSA) is 37.4 Å². The van der Waals surface area contributed by atoms with Crippen LogP contribution in [-0.4, -0.2) is 16.7 Å². The van der Waals surface area contributed by atoms with Crippen molar-refractivity contribution in [3.05, 3.63) is 45.5 Å². The maximum Gasteiger partial charge on any atom is 0.234 e. The van der Waals surface area contributed by atoms with Crippen molar-refractivity contribution in [2.75, 3.05) is 0 Å². The lowest BCUT2D eigenvalue weighted by atomic mass is 9.82. The normalized spacial score (nSPS) is 32.7. The standard InChI is InChI=1S/C17H15Cl2NO2/c1-8-5-9-6-10(8)15-14(9)16(21)20(17(15)22)7-11-12(18)3-2-4-13(11)19/h2-5,9-10,14-15H,6-7H2,1H3/t9-,10-,14-,15-/m1/s1. The van der Waals surface area contributed by atoms with Crippen molar-refractivity contribution in [2.45, 2.75) is 19.9 Å². The van der Waals surface area contributed by atoms with Crippen LogP contribution in [0.2, 0.25) is 10.0 Å². The molecule has 22 heavy (non-hydrogen) atoms. The van der Waals surface area contributed by atoms with Gasteiger partial charge in [-0.05, 0) is 37.3 Å². The number of amides is 2. The minimum Gasteiger partial charge on any atom is -0.277 e. The Balaban J connectivity index is 1.66. The summed E-state index contributed by atoms with van der Waals surface area (Å²) in [6.07, 6.45) is 3.11. The number of fused-ring (bicyclic) bond motifs is 5. The average Bonchev–Trinajstić information content (AvgIpc) is 3.08. The van der Waals surface area contributed by atoms with Crippen LogP contribution in [0.3, 0.4) is 0 Å². The van der Waals surface area contributed by atoms with Gasteiger partial charge in [-0.1, -0.05) is 40.9 Å². The summed E-state index contributed by atoms with van der Waals surface area (Å²) < 4.78 is 0. The minimum atomic E-state index is -0.178. The van der Waals surface area contributed by atoms with Crippen LogP contribution in [0.25, 0.3) is 0 Å². The molecule has 2 aliphatic carbocycles. The van der Waals surface area contributed by atoms with Crippen LogP contribution >= 0.6 is 23.2 Å². The monoisotopic (exact) mass is 335 g/mol. The van der Waals surface area contributed by atoms with Gasteiger partial charge in [0.2, 0.25) is 11.8 Å². The van der Waals surface area contributed by atoms with E-state index in [2.05, 4.69) is 13.0 Å². The van der Waals surface area contributed by atoms with E-state index in [0.717, 1.165) is 6.42 Å². The molecule has 2 fully saturated rings. The molecule has 1 aliphatic heterocycles. The average molecular weight is 336 g/mol. The number of carbonyl (C=O) groups excluding carboxylic acids is 2. The molecule has 0 radical (unpaired) electrons. The van der Waals surface area contributed by atoms with Crippen molar-refractivity contribution in [1.29, 1.82) is 0 Å². The van der Waals surface area contributed by atoms with Gasteiger partial charge in [0, 0.05) is 15.6 Å². The van der Waals surface area contributed by atoms with Crippen LogP contribution in [0, 0.1) is 23.7 Å². The molecule has 1 aromatic rings. The summed E-state index contributed by atoms with van der Waals surface area (Å²) in [5, 5.41) is 0.977. The number of hydrogen-bond acceptors (Lipinski definition) is 2. The van der Waals surface area contributed by atoms with E-state index in [4.69, 9.17) is 23.2 Å². The summed E-state index contributed by atoms with van der Waals surface area (Å²) in [5.41, 5.74) is 1.90. The fourth-order valence-electron chi connectivity index (χ4n) is 4.33. The van der Waals surface area contributed by atoms with Gasteiger partial charge in [0.05, 0.1) is 18.4 Å². The highest BCUT2D eigenvalue weighted by Gasteiger charge is 2.60. The predicted octanol–water partition coefficient (Wildman–Crippen LogP) is 3.69. The highest BCUT2D eigenvalue weighted by atomic mass is 35.5. The van der Waals surface area contributed by atoms with Crippen LogP contribution in [0.1, 0.15) is 18.9 Å². The fourth-order valence-corrected chi connectivity index (χ4v) is 4.85. The molecule has 4 atom stereocenters. The molecule has 114 valence electrons. The molecule has 3 nitrogen and oxygen atoms in total. The van der Waals surface area contributed by atoms with Crippen molar-refractivity contribution in [3.8, 4) is 0 Å². The fraction of sp³-hybridized carbons (Fsp3) is 0.412. The summed E-state index contributed by atoms with van der Waals surface area (Å²) in [4.78, 5) is 26.8. The van der Waals surface area contributed by atoms with Crippen molar-refractivity contribution in [3.63, 3.8) is 0 Å². The third-order valence-corrected chi connectivity index (χ3v) is 6.06. The Morgan fingerprint density at radius 1 is 1.14 bits per heavy atom. The summed E-state index contributed by atoms with van der Waals surface area (Å²) >= 11 is 12.3. The second-order valence-corrected chi connectivity index (χ2v) is 7.25. The molecule has 1 saturated carbocycles. The Labute approximate surface area is 138 Å². The van der Waals surface area contributed by atoms with Crippen molar-refractivity contribution in [2.24, 2.45) is 23.7 Å². The molecule has 5 heteroatoms. The van der Waals surface area contributed by atoms with E-state index in [0.29, 0.717) is 15.6 Å². The van der Waals surface area contributed by atoms with Crippen LogP contribution in [0.4, 0.5) is 0 Å². The van der Waals surface area contributed by atoms with Crippen LogP contribution in [0.15, 0.2) is 29.8 Å². The number of halogens is 2. The van der Waals surface area contributed by atoms with E-state index in [-0.39, 0.29) is 42.0 Å². The zero-order valence-electron chi connectivity index (χ0n) is 12.1. The molecule has 0 N–H and O–H groups in total. The number of hydrogen-bond donors (Lipinski definition) is 0. The van der Waals surface area contributed by atoms with E-state index < -0.39 is 0 Å². The first kappa shape index (κ1) is 14.3. The van der Waals surface area contributed by atoms with E-state index >= 15 is 0 Å². The Hall–Kier alpha value is -1.32. The number of benzene rings is 1. The van der Waals surface area contributed by atoms with Crippen LogP contribution in [-0.2, 0) is 16.1 Å². The molecule has 3 aliphatic rings. The Morgan fingerprint density at radius 2 is 1.77 bits per heavy atom. The van der Waals surface area contributed by atoms with Gasteiger partial charge in [-0.2, -0.15) is 0 Å². The van der Waals surface area contributed by atoms with Crippen molar-refractivity contribution < 1.29 is 9.59 Å². The molecule has 1 saturated heterocycles. The largest absolute Gasteiger partial charge is 0.277 e. The number of nitrogens with zero attached hydrogens (tertiary/aromatic N) is 1. The van der Waals surface area contributed by atoms with Crippen molar-refractivity contribution in [1.82, 2.24) is 4.90 Å². The Bertz CT molecular complexity index is 707.